The molecule has 1 N–H and O–H groups in total. The zero-order valence-electron chi connectivity index (χ0n) is 10.1. The molecule has 1 aromatic carbocycles. The molecule has 94 valence electrons. The highest BCUT2D eigenvalue weighted by Crippen LogP contribution is 2.21. The molecule has 0 radical (unpaired) electrons. The molecular weight excluding hydrogens is 232 g/mol. The van der Waals surface area contributed by atoms with Gasteiger partial charge >= 0.3 is 0 Å². The number of carbonyl (C=O) groups is 3. The molecule has 0 spiro atoms. The number of nitrogens with zero attached hydrogens (tertiary/aromatic N) is 1. The molecule has 1 heterocycles. The summed E-state index contributed by atoms with van der Waals surface area (Å²) in [5.74, 6) is -0.672. The maximum Gasteiger partial charge on any atom is 0.261 e. The van der Waals surface area contributed by atoms with Crippen molar-refractivity contribution in [2.75, 3.05) is 13.1 Å². The summed E-state index contributed by atoms with van der Waals surface area (Å²) in [6, 6.07) is 6.74. The summed E-state index contributed by atoms with van der Waals surface area (Å²) >= 11 is 0. The fraction of sp³-hybridized carbons (Fsp3) is 0.308. The predicted molar refractivity (Wildman–Crippen MR) is 65.1 cm³/mol. The molecule has 0 saturated carbocycles. The molecule has 18 heavy (non-hydrogen) atoms. The van der Waals surface area contributed by atoms with Crippen LogP contribution in [0.25, 0.3) is 0 Å². The van der Waals surface area contributed by atoms with Crippen molar-refractivity contribution in [1.82, 2.24) is 10.2 Å². The summed E-state index contributed by atoms with van der Waals surface area (Å²) in [4.78, 5) is 36.1. The van der Waals surface area contributed by atoms with Crippen LogP contribution in [-0.4, -0.2) is 35.7 Å². The predicted octanol–water partition coefficient (Wildman–Crippen LogP) is 0.809. The second-order valence-electron chi connectivity index (χ2n) is 4.01. The Balaban J connectivity index is 2.03. The van der Waals surface area contributed by atoms with Gasteiger partial charge in [-0.05, 0) is 12.1 Å². The topological polar surface area (TPSA) is 66.5 Å². The van der Waals surface area contributed by atoms with E-state index in [0.29, 0.717) is 17.5 Å². The lowest BCUT2D eigenvalue weighted by Crippen LogP contribution is -2.37. The fourth-order valence-corrected chi connectivity index (χ4v) is 1.87. The van der Waals surface area contributed by atoms with Crippen LogP contribution in [0.3, 0.4) is 0 Å². The molecule has 3 amide bonds. The monoisotopic (exact) mass is 246 g/mol. The summed E-state index contributed by atoms with van der Waals surface area (Å²) in [6.07, 6.45) is 0.391. The number of fused-ring (bicyclic) bond motifs is 1. The van der Waals surface area contributed by atoms with Gasteiger partial charge in [0.05, 0.1) is 11.1 Å². The lowest BCUT2D eigenvalue weighted by Gasteiger charge is -2.13. The zero-order valence-corrected chi connectivity index (χ0v) is 10.1. The molecule has 1 aromatic rings. The third-order valence-electron chi connectivity index (χ3n) is 2.86. The number of rotatable bonds is 4. The second kappa shape index (κ2) is 5.00. The molecule has 2 rings (SSSR count). The van der Waals surface area contributed by atoms with Crippen LogP contribution in [-0.2, 0) is 4.79 Å². The summed E-state index contributed by atoms with van der Waals surface area (Å²) in [7, 11) is 0. The first-order valence-corrected chi connectivity index (χ1v) is 5.87. The number of carbonyl (C=O) groups excluding carboxylic acids is 3. The molecule has 0 saturated heterocycles. The minimum atomic E-state index is -0.290. The molecule has 5 heteroatoms. The van der Waals surface area contributed by atoms with E-state index in [4.69, 9.17) is 0 Å². The lowest BCUT2D eigenvalue weighted by molar-refractivity contribution is -0.120. The molecule has 0 atom stereocenters. The van der Waals surface area contributed by atoms with Gasteiger partial charge in [-0.15, -0.1) is 0 Å². The van der Waals surface area contributed by atoms with Crippen molar-refractivity contribution in [3.63, 3.8) is 0 Å². The summed E-state index contributed by atoms with van der Waals surface area (Å²) in [6.45, 7) is 2.24. The first-order valence-electron chi connectivity index (χ1n) is 5.87. The van der Waals surface area contributed by atoms with Crippen LogP contribution in [0.2, 0.25) is 0 Å². The van der Waals surface area contributed by atoms with Gasteiger partial charge in [0.15, 0.2) is 0 Å². The quantitative estimate of drug-likeness (QED) is 0.799. The Morgan fingerprint density at radius 1 is 1.17 bits per heavy atom. The van der Waals surface area contributed by atoms with Crippen LogP contribution < -0.4 is 5.32 Å². The average molecular weight is 246 g/mol. The van der Waals surface area contributed by atoms with Crippen LogP contribution in [0.4, 0.5) is 0 Å². The Hall–Kier alpha value is -2.17. The molecular formula is C13H14N2O3. The molecule has 0 fully saturated rings. The van der Waals surface area contributed by atoms with Crippen LogP contribution in [0.5, 0.6) is 0 Å². The Morgan fingerprint density at radius 3 is 2.22 bits per heavy atom. The van der Waals surface area contributed by atoms with Crippen molar-refractivity contribution in [2.24, 2.45) is 0 Å². The number of benzene rings is 1. The zero-order chi connectivity index (χ0) is 13.1. The lowest BCUT2D eigenvalue weighted by atomic mass is 10.1. The third-order valence-corrected chi connectivity index (χ3v) is 2.86. The van der Waals surface area contributed by atoms with Crippen LogP contribution in [0.1, 0.15) is 34.1 Å². The second-order valence-corrected chi connectivity index (χ2v) is 4.01. The summed E-state index contributed by atoms with van der Waals surface area (Å²) in [5.41, 5.74) is 0.869. The highest BCUT2D eigenvalue weighted by Gasteiger charge is 2.34. The van der Waals surface area contributed by atoms with Gasteiger partial charge < -0.3 is 5.32 Å². The van der Waals surface area contributed by atoms with Gasteiger partial charge in [-0.2, -0.15) is 0 Å². The Kier molecular flexibility index (Phi) is 3.41. The van der Waals surface area contributed by atoms with E-state index in [9.17, 15) is 14.4 Å². The first-order chi connectivity index (χ1) is 8.65. The SMILES string of the molecule is CCC(=O)NCCN1C(=O)c2ccccc2C1=O. The van der Waals surface area contributed by atoms with E-state index in [-0.39, 0.29) is 30.8 Å². The van der Waals surface area contributed by atoms with Crippen molar-refractivity contribution in [1.29, 1.82) is 0 Å². The molecule has 0 aromatic heterocycles. The molecule has 0 unspecified atom stereocenters. The third kappa shape index (κ3) is 2.11. The molecule has 0 aliphatic carbocycles. The molecule has 1 aliphatic rings. The minimum Gasteiger partial charge on any atom is -0.354 e. The number of hydrogen-bond donors (Lipinski definition) is 1. The number of imide groups is 1. The standard InChI is InChI=1S/C13H14N2O3/c1-2-11(16)14-7-8-15-12(17)9-5-3-4-6-10(9)13(15)18/h3-6H,2,7-8H2,1H3,(H,14,16). The van der Waals surface area contributed by atoms with E-state index in [0.717, 1.165) is 0 Å². The Bertz CT molecular complexity index is 476. The number of amides is 3. The minimum absolute atomic E-state index is 0.0911. The summed E-state index contributed by atoms with van der Waals surface area (Å²) < 4.78 is 0. The van der Waals surface area contributed by atoms with Gasteiger partial charge in [0.25, 0.3) is 11.8 Å². The first kappa shape index (κ1) is 12.3. The van der Waals surface area contributed by atoms with Crippen molar-refractivity contribution in [2.45, 2.75) is 13.3 Å². The van der Waals surface area contributed by atoms with Gasteiger partial charge in [0.1, 0.15) is 0 Å². The van der Waals surface area contributed by atoms with E-state index in [2.05, 4.69) is 5.32 Å². The molecule has 0 bridgehead atoms. The van der Waals surface area contributed by atoms with Crippen LogP contribution in [0.15, 0.2) is 24.3 Å². The van der Waals surface area contributed by atoms with Gasteiger partial charge in [-0.1, -0.05) is 19.1 Å². The van der Waals surface area contributed by atoms with Crippen molar-refractivity contribution < 1.29 is 14.4 Å². The average Bonchev–Trinajstić information content (AvgIpc) is 2.64. The maximum atomic E-state index is 11.9. The van der Waals surface area contributed by atoms with E-state index >= 15 is 0 Å². The summed E-state index contributed by atoms with van der Waals surface area (Å²) in [5, 5.41) is 2.64. The molecule has 5 nitrogen and oxygen atoms in total. The number of hydrogen-bond acceptors (Lipinski definition) is 3. The van der Waals surface area contributed by atoms with E-state index in [1.807, 2.05) is 0 Å². The van der Waals surface area contributed by atoms with Crippen molar-refractivity contribution in [3.05, 3.63) is 35.4 Å². The van der Waals surface area contributed by atoms with Crippen LogP contribution >= 0.6 is 0 Å². The fourth-order valence-electron chi connectivity index (χ4n) is 1.87. The highest BCUT2D eigenvalue weighted by atomic mass is 16.2. The van der Waals surface area contributed by atoms with Crippen LogP contribution in [0, 0.1) is 0 Å². The smallest absolute Gasteiger partial charge is 0.261 e. The highest BCUT2D eigenvalue weighted by molar-refractivity contribution is 6.21. The van der Waals surface area contributed by atoms with Crippen molar-refractivity contribution >= 4 is 17.7 Å². The number of nitrogens with one attached hydrogen (secondary N) is 1. The maximum absolute atomic E-state index is 11.9. The van der Waals surface area contributed by atoms with Gasteiger partial charge in [0.2, 0.25) is 5.91 Å². The van der Waals surface area contributed by atoms with E-state index < -0.39 is 0 Å². The van der Waals surface area contributed by atoms with E-state index in [1.165, 1.54) is 4.90 Å². The van der Waals surface area contributed by atoms with Crippen molar-refractivity contribution in [3.8, 4) is 0 Å². The van der Waals surface area contributed by atoms with Gasteiger partial charge in [0, 0.05) is 19.5 Å². The normalized spacial score (nSPS) is 13.7. The Morgan fingerprint density at radius 2 is 1.72 bits per heavy atom. The van der Waals surface area contributed by atoms with Gasteiger partial charge in [-0.3, -0.25) is 19.3 Å². The molecule has 1 aliphatic heterocycles. The largest absolute Gasteiger partial charge is 0.354 e. The van der Waals surface area contributed by atoms with E-state index in [1.54, 1.807) is 31.2 Å². The Labute approximate surface area is 105 Å². The van der Waals surface area contributed by atoms with Gasteiger partial charge in [-0.25, -0.2) is 0 Å².